The van der Waals surface area contributed by atoms with Gasteiger partial charge in [0.05, 0.1) is 19.3 Å². The summed E-state index contributed by atoms with van der Waals surface area (Å²) in [6.07, 6.45) is 3.03. The number of aromatic nitrogens is 2. The fourth-order valence-corrected chi connectivity index (χ4v) is 0.931. The number of aliphatic hydroxyl groups excluding tert-OH is 1. The Balaban J connectivity index is 2.22. The first kappa shape index (κ1) is 9.22. The maximum Gasteiger partial charge on any atom is 0.0968 e. The van der Waals surface area contributed by atoms with Gasteiger partial charge < -0.3 is 9.84 Å². The van der Waals surface area contributed by atoms with E-state index in [-0.39, 0.29) is 0 Å². The monoisotopic (exact) mass is 170 g/mol. The zero-order valence-electron chi connectivity index (χ0n) is 7.18. The number of hydrogen-bond donors (Lipinski definition) is 1. The van der Waals surface area contributed by atoms with Crippen LogP contribution < -0.4 is 0 Å². The summed E-state index contributed by atoms with van der Waals surface area (Å²) in [5.41, 5.74) is 0. The molecule has 1 heterocycles. The second-order valence-electron chi connectivity index (χ2n) is 2.54. The van der Waals surface area contributed by atoms with Crippen molar-refractivity contribution in [2.24, 2.45) is 0 Å². The Morgan fingerprint density at radius 3 is 3.08 bits per heavy atom. The number of rotatable bonds is 5. The molecule has 68 valence electrons. The third kappa shape index (κ3) is 3.02. The Bertz CT molecular complexity index is 199. The summed E-state index contributed by atoms with van der Waals surface area (Å²) in [6.45, 7) is 3.40. The second kappa shape index (κ2) is 4.90. The van der Waals surface area contributed by atoms with Gasteiger partial charge in [0, 0.05) is 19.0 Å². The van der Waals surface area contributed by atoms with Crippen molar-refractivity contribution < 1.29 is 9.84 Å². The third-order valence-electron chi connectivity index (χ3n) is 1.47. The van der Waals surface area contributed by atoms with Crippen LogP contribution in [0.15, 0.2) is 18.5 Å². The van der Waals surface area contributed by atoms with E-state index in [1.165, 1.54) is 0 Å². The highest BCUT2D eigenvalue weighted by Gasteiger charge is 2.03. The van der Waals surface area contributed by atoms with Gasteiger partial charge in [0.2, 0.25) is 0 Å². The fraction of sp³-hybridized carbons (Fsp3) is 0.625. The van der Waals surface area contributed by atoms with Crippen molar-refractivity contribution in [2.75, 3.05) is 13.2 Å². The van der Waals surface area contributed by atoms with Crippen LogP contribution in [-0.2, 0) is 11.3 Å². The molecule has 0 aromatic carbocycles. The Kier molecular flexibility index (Phi) is 3.76. The van der Waals surface area contributed by atoms with Crippen molar-refractivity contribution in [1.82, 2.24) is 9.78 Å². The maximum atomic E-state index is 9.37. The van der Waals surface area contributed by atoms with Gasteiger partial charge in [-0.3, -0.25) is 4.68 Å². The van der Waals surface area contributed by atoms with Crippen LogP contribution in [0.1, 0.15) is 6.92 Å². The van der Waals surface area contributed by atoms with E-state index in [1.807, 2.05) is 19.2 Å². The SMILES string of the molecule is CCOCC(O)Cn1cccn1. The van der Waals surface area contributed by atoms with Gasteiger partial charge in [0.1, 0.15) is 0 Å². The summed E-state index contributed by atoms with van der Waals surface area (Å²) in [6, 6.07) is 1.83. The molecule has 0 bridgehead atoms. The van der Waals surface area contributed by atoms with Crippen molar-refractivity contribution in [2.45, 2.75) is 19.6 Å². The minimum atomic E-state index is -0.468. The third-order valence-corrected chi connectivity index (χ3v) is 1.47. The topological polar surface area (TPSA) is 47.3 Å². The first-order chi connectivity index (χ1) is 5.83. The lowest BCUT2D eigenvalue weighted by molar-refractivity contribution is 0.0316. The molecule has 1 atom stereocenters. The van der Waals surface area contributed by atoms with Crippen LogP contribution in [0.3, 0.4) is 0 Å². The summed E-state index contributed by atoms with van der Waals surface area (Å²) < 4.78 is 6.74. The predicted octanol–water partition coefficient (Wildman–Crippen LogP) is 0.280. The van der Waals surface area contributed by atoms with Gasteiger partial charge in [-0.05, 0) is 13.0 Å². The molecule has 0 aliphatic rings. The van der Waals surface area contributed by atoms with Crippen molar-refractivity contribution >= 4 is 0 Å². The predicted molar refractivity (Wildman–Crippen MR) is 44.7 cm³/mol. The minimum Gasteiger partial charge on any atom is -0.389 e. The van der Waals surface area contributed by atoms with E-state index >= 15 is 0 Å². The highest BCUT2D eigenvalue weighted by molar-refractivity contribution is 4.78. The zero-order chi connectivity index (χ0) is 8.81. The maximum absolute atomic E-state index is 9.37. The molecule has 0 radical (unpaired) electrons. The second-order valence-corrected chi connectivity index (χ2v) is 2.54. The smallest absolute Gasteiger partial charge is 0.0968 e. The molecule has 1 rings (SSSR count). The van der Waals surface area contributed by atoms with E-state index in [1.54, 1.807) is 10.9 Å². The lowest BCUT2D eigenvalue weighted by Crippen LogP contribution is -2.22. The average molecular weight is 170 g/mol. The first-order valence-electron chi connectivity index (χ1n) is 4.06. The Morgan fingerprint density at radius 2 is 2.50 bits per heavy atom. The van der Waals surface area contributed by atoms with Crippen molar-refractivity contribution in [3.8, 4) is 0 Å². The van der Waals surface area contributed by atoms with E-state index < -0.39 is 6.10 Å². The van der Waals surface area contributed by atoms with Crippen LogP contribution in [-0.4, -0.2) is 34.2 Å². The molecule has 0 saturated heterocycles. The van der Waals surface area contributed by atoms with Crippen LogP contribution in [0.5, 0.6) is 0 Å². The van der Waals surface area contributed by atoms with Crippen molar-refractivity contribution in [1.29, 1.82) is 0 Å². The zero-order valence-corrected chi connectivity index (χ0v) is 7.18. The van der Waals surface area contributed by atoms with E-state index in [9.17, 15) is 5.11 Å². The molecule has 4 heteroatoms. The van der Waals surface area contributed by atoms with Crippen LogP contribution in [0.2, 0.25) is 0 Å². The molecule has 0 aliphatic heterocycles. The molecule has 0 saturated carbocycles. The van der Waals surface area contributed by atoms with E-state index in [4.69, 9.17) is 4.74 Å². The summed E-state index contributed by atoms with van der Waals surface area (Å²) in [5, 5.41) is 13.3. The fourth-order valence-electron chi connectivity index (χ4n) is 0.931. The number of aliphatic hydroxyl groups is 1. The molecule has 0 fully saturated rings. The number of ether oxygens (including phenoxy) is 1. The lowest BCUT2D eigenvalue weighted by Gasteiger charge is -2.09. The highest BCUT2D eigenvalue weighted by atomic mass is 16.5. The summed E-state index contributed by atoms with van der Waals surface area (Å²) in [5.74, 6) is 0. The van der Waals surface area contributed by atoms with Crippen LogP contribution in [0.4, 0.5) is 0 Å². The molecule has 1 aromatic heterocycles. The highest BCUT2D eigenvalue weighted by Crippen LogP contribution is 1.91. The molecule has 4 nitrogen and oxygen atoms in total. The quantitative estimate of drug-likeness (QED) is 0.690. The molecule has 0 amide bonds. The number of hydrogen-bond acceptors (Lipinski definition) is 3. The van der Waals surface area contributed by atoms with Crippen molar-refractivity contribution in [3.63, 3.8) is 0 Å². The van der Waals surface area contributed by atoms with Gasteiger partial charge in [-0.15, -0.1) is 0 Å². The molecular formula is C8H14N2O2. The van der Waals surface area contributed by atoms with Gasteiger partial charge in [-0.1, -0.05) is 0 Å². The number of nitrogens with zero attached hydrogens (tertiary/aromatic N) is 2. The summed E-state index contributed by atoms with van der Waals surface area (Å²) in [7, 11) is 0. The van der Waals surface area contributed by atoms with Crippen LogP contribution >= 0.6 is 0 Å². The lowest BCUT2D eigenvalue weighted by atomic mass is 10.4. The Morgan fingerprint density at radius 1 is 1.67 bits per heavy atom. The van der Waals surface area contributed by atoms with E-state index in [0.717, 1.165) is 0 Å². The Hall–Kier alpha value is -0.870. The van der Waals surface area contributed by atoms with Gasteiger partial charge in [0.15, 0.2) is 0 Å². The van der Waals surface area contributed by atoms with Gasteiger partial charge in [0.25, 0.3) is 0 Å². The standard InChI is InChI=1S/C8H14N2O2/c1-2-12-7-8(11)6-10-5-3-4-9-10/h3-5,8,11H,2,6-7H2,1H3. The largest absolute Gasteiger partial charge is 0.389 e. The van der Waals surface area contributed by atoms with E-state index in [2.05, 4.69) is 5.10 Å². The average Bonchev–Trinajstić information content (AvgIpc) is 2.53. The molecular weight excluding hydrogens is 156 g/mol. The molecule has 1 N–H and O–H groups in total. The van der Waals surface area contributed by atoms with Crippen LogP contribution in [0.25, 0.3) is 0 Å². The summed E-state index contributed by atoms with van der Waals surface area (Å²) >= 11 is 0. The normalized spacial score (nSPS) is 13.2. The molecule has 0 aliphatic carbocycles. The van der Waals surface area contributed by atoms with Gasteiger partial charge >= 0.3 is 0 Å². The van der Waals surface area contributed by atoms with Crippen molar-refractivity contribution in [3.05, 3.63) is 18.5 Å². The molecule has 0 spiro atoms. The Labute approximate surface area is 71.8 Å². The van der Waals surface area contributed by atoms with Crippen LogP contribution in [0, 0.1) is 0 Å². The minimum absolute atomic E-state index is 0.371. The molecule has 12 heavy (non-hydrogen) atoms. The van der Waals surface area contributed by atoms with Gasteiger partial charge in [-0.25, -0.2) is 0 Å². The first-order valence-corrected chi connectivity index (χ1v) is 4.06. The van der Waals surface area contributed by atoms with Gasteiger partial charge in [-0.2, -0.15) is 5.10 Å². The summed E-state index contributed by atoms with van der Waals surface area (Å²) in [4.78, 5) is 0. The molecule has 1 unspecified atom stereocenters. The van der Waals surface area contributed by atoms with E-state index in [0.29, 0.717) is 19.8 Å². The molecule has 1 aromatic rings.